The van der Waals surface area contributed by atoms with Gasteiger partial charge < -0.3 is 30.2 Å². The molecule has 4 rings (SSSR count). The lowest BCUT2D eigenvalue weighted by Crippen LogP contribution is -2.30. The van der Waals surface area contributed by atoms with Crippen LogP contribution in [0.1, 0.15) is 69.2 Å². The van der Waals surface area contributed by atoms with Crippen molar-refractivity contribution in [3.63, 3.8) is 0 Å². The molecule has 50 heavy (non-hydrogen) atoms. The average molecular weight is 677 g/mol. The molecule has 4 N–H and O–H groups in total. The lowest BCUT2D eigenvalue weighted by atomic mass is 9.89. The van der Waals surface area contributed by atoms with Crippen molar-refractivity contribution in [2.24, 2.45) is 0 Å². The van der Waals surface area contributed by atoms with Crippen LogP contribution in [-0.4, -0.2) is 63.5 Å². The summed E-state index contributed by atoms with van der Waals surface area (Å²) in [5.41, 5.74) is 10.6. The van der Waals surface area contributed by atoms with Crippen molar-refractivity contribution < 1.29 is 9.59 Å². The minimum Gasteiger partial charge on any atom is -0.355 e. The van der Waals surface area contributed by atoms with Crippen LogP contribution in [0.2, 0.25) is 0 Å². The maximum absolute atomic E-state index is 11.1. The van der Waals surface area contributed by atoms with E-state index in [-0.39, 0.29) is 11.8 Å². The molecule has 2 amide bonds. The number of benzene rings is 1. The van der Waals surface area contributed by atoms with Crippen molar-refractivity contribution in [1.29, 1.82) is 0 Å². The topological polar surface area (TPSA) is 117 Å². The predicted molar refractivity (Wildman–Crippen MR) is 205 cm³/mol. The van der Waals surface area contributed by atoms with Crippen LogP contribution in [0.3, 0.4) is 0 Å². The van der Waals surface area contributed by atoms with Gasteiger partial charge in [0.1, 0.15) is 11.5 Å². The second-order valence-electron chi connectivity index (χ2n) is 12.3. The standard InChI is InChI=1S/C40H52N8O2/c1-8-13-34(28(3)29(4)37-26-47(9-2)39(45-37)16-10-11-19-41-20-22-43-31(6)49)35-14-12-15-36(30(35)5)38-27-48-25-33(17-18-40(48)46-38)24-42-21-23-44-32(7)50/h8,10,12-18,25-27,41-42H,1,9,11,19-24H2,2-7H3,(H,43,49)(H,44,50)/b16-10-,29-28+,34-13+. The number of aryl methyl sites for hydroxylation is 1. The Morgan fingerprint density at radius 2 is 1.62 bits per heavy atom. The molecule has 0 fully saturated rings. The summed E-state index contributed by atoms with van der Waals surface area (Å²) < 4.78 is 4.25. The van der Waals surface area contributed by atoms with E-state index in [9.17, 15) is 9.59 Å². The van der Waals surface area contributed by atoms with E-state index in [4.69, 9.17) is 9.97 Å². The van der Waals surface area contributed by atoms with Crippen molar-refractivity contribution in [1.82, 2.24) is 40.2 Å². The summed E-state index contributed by atoms with van der Waals surface area (Å²) in [7, 11) is 0. The normalized spacial score (nSPS) is 12.4. The summed E-state index contributed by atoms with van der Waals surface area (Å²) in [6.45, 7) is 20.7. The number of pyridine rings is 1. The maximum Gasteiger partial charge on any atom is 0.216 e. The molecule has 0 radical (unpaired) electrons. The van der Waals surface area contributed by atoms with Crippen LogP contribution in [0, 0.1) is 6.92 Å². The van der Waals surface area contributed by atoms with Gasteiger partial charge in [-0.2, -0.15) is 0 Å². The number of nitrogens with zero attached hydrogens (tertiary/aromatic N) is 4. The third-order valence-electron chi connectivity index (χ3n) is 8.63. The second-order valence-corrected chi connectivity index (χ2v) is 12.3. The van der Waals surface area contributed by atoms with Gasteiger partial charge in [-0.15, -0.1) is 0 Å². The monoisotopic (exact) mass is 676 g/mol. The minimum atomic E-state index is -0.0215. The SMILES string of the molecule is C=C/C=C(\C(C)=C(/C)c1cn(CC)c(/C=C\CCNCCNC(C)=O)n1)c1cccc(-c2cn3cc(CNCCNC(C)=O)ccc3n2)c1C. The van der Waals surface area contributed by atoms with Gasteiger partial charge in [0.2, 0.25) is 11.8 Å². The molecular weight excluding hydrogens is 624 g/mol. The summed E-state index contributed by atoms with van der Waals surface area (Å²) in [4.78, 5) is 32.1. The summed E-state index contributed by atoms with van der Waals surface area (Å²) in [5, 5.41) is 12.3. The molecule has 1 aromatic carbocycles. The molecule has 0 spiro atoms. The van der Waals surface area contributed by atoms with E-state index in [2.05, 4.69) is 126 Å². The Balaban J connectivity index is 1.53. The number of hydrogen-bond acceptors (Lipinski definition) is 6. The molecule has 0 aliphatic carbocycles. The van der Waals surface area contributed by atoms with Gasteiger partial charge >= 0.3 is 0 Å². The third-order valence-corrected chi connectivity index (χ3v) is 8.63. The van der Waals surface area contributed by atoms with E-state index >= 15 is 0 Å². The first-order chi connectivity index (χ1) is 24.1. The highest BCUT2D eigenvalue weighted by molar-refractivity contribution is 5.91. The molecule has 0 aliphatic heterocycles. The first kappa shape index (κ1) is 37.8. The summed E-state index contributed by atoms with van der Waals surface area (Å²) >= 11 is 0. The Labute approximate surface area is 296 Å². The van der Waals surface area contributed by atoms with Gasteiger partial charge in [0.25, 0.3) is 0 Å². The number of allylic oxidation sites excluding steroid dienone is 5. The highest BCUT2D eigenvalue weighted by Crippen LogP contribution is 2.35. The van der Waals surface area contributed by atoms with Crippen LogP contribution in [0.25, 0.3) is 34.1 Å². The number of rotatable bonds is 18. The zero-order valence-corrected chi connectivity index (χ0v) is 30.4. The van der Waals surface area contributed by atoms with E-state index in [1.807, 2.05) is 12.1 Å². The molecular formula is C40H52N8O2. The Morgan fingerprint density at radius 3 is 2.32 bits per heavy atom. The number of aromatic nitrogens is 4. The number of amides is 2. The first-order valence-corrected chi connectivity index (χ1v) is 17.4. The van der Waals surface area contributed by atoms with Gasteiger partial charge in [0.05, 0.1) is 11.4 Å². The van der Waals surface area contributed by atoms with Gasteiger partial charge in [-0.25, -0.2) is 9.97 Å². The number of carbonyl (C=O) groups excluding carboxylic acids is 2. The van der Waals surface area contributed by atoms with E-state index in [0.29, 0.717) is 26.2 Å². The smallest absolute Gasteiger partial charge is 0.216 e. The number of fused-ring (bicyclic) bond motifs is 1. The maximum atomic E-state index is 11.1. The fourth-order valence-corrected chi connectivity index (χ4v) is 5.79. The summed E-state index contributed by atoms with van der Waals surface area (Å²) in [5.74, 6) is 0.896. The molecule has 10 heteroatoms. The van der Waals surface area contributed by atoms with E-state index in [1.54, 1.807) is 0 Å². The van der Waals surface area contributed by atoms with Gasteiger partial charge in [0.15, 0.2) is 0 Å². The fourth-order valence-electron chi connectivity index (χ4n) is 5.79. The molecule has 10 nitrogen and oxygen atoms in total. The predicted octanol–water partition coefficient (Wildman–Crippen LogP) is 5.94. The van der Waals surface area contributed by atoms with Crippen LogP contribution in [0.5, 0.6) is 0 Å². The quantitative estimate of drug-likeness (QED) is 0.0766. The van der Waals surface area contributed by atoms with E-state index < -0.39 is 0 Å². The summed E-state index contributed by atoms with van der Waals surface area (Å²) in [6.07, 6.45) is 15.3. The zero-order valence-electron chi connectivity index (χ0n) is 30.4. The van der Waals surface area contributed by atoms with Gasteiger partial charge in [-0.3, -0.25) is 9.59 Å². The number of hydrogen-bond donors (Lipinski definition) is 4. The highest BCUT2D eigenvalue weighted by Gasteiger charge is 2.17. The Bertz CT molecular complexity index is 1890. The Morgan fingerprint density at radius 1 is 0.880 bits per heavy atom. The lowest BCUT2D eigenvalue weighted by molar-refractivity contribution is -0.119. The van der Waals surface area contributed by atoms with Crippen molar-refractivity contribution in [3.05, 3.63) is 108 Å². The van der Waals surface area contributed by atoms with Crippen LogP contribution >= 0.6 is 0 Å². The van der Waals surface area contributed by atoms with Gasteiger partial charge in [0, 0.05) is 77.3 Å². The molecule has 0 saturated carbocycles. The zero-order chi connectivity index (χ0) is 36.0. The van der Waals surface area contributed by atoms with Crippen molar-refractivity contribution in [2.45, 2.75) is 61.1 Å². The summed E-state index contributed by atoms with van der Waals surface area (Å²) in [6, 6.07) is 10.5. The average Bonchev–Trinajstić information content (AvgIpc) is 3.71. The number of nitrogens with one attached hydrogen (secondary N) is 4. The van der Waals surface area contributed by atoms with E-state index in [0.717, 1.165) is 87.9 Å². The first-order valence-electron chi connectivity index (χ1n) is 17.4. The molecule has 3 aromatic heterocycles. The third kappa shape index (κ3) is 10.2. The molecule has 0 aliphatic rings. The Kier molecular flexibility index (Phi) is 14.1. The fraction of sp³-hybridized carbons (Fsp3) is 0.350. The highest BCUT2D eigenvalue weighted by atomic mass is 16.2. The van der Waals surface area contributed by atoms with Gasteiger partial charge in [-0.1, -0.05) is 49.1 Å². The van der Waals surface area contributed by atoms with Crippen LogP contribution in [-0.2, 0) is 22.7 Å². The lowest BCUT2D eigenvalue weighted by Gasteiger charge is -2.16. The minimum absolute atomic E-state index is 0.00967. The molecule has 0 atom stereocenters. The van der Waals surface area contributed by atoms with Crippen LogP contribution < -0.4 is 21.3 Å². The van der Waals surface area contributed by atoms with Crippen molar-refractivity contribution in [2.75, 3.05) is 32.7 Å². The number of carbonyl (C=O) groups is 2. The van der Waals surface area contributed by atoms with Crippen LogP contribution in [0.15, 0.2) is 79.3 Å². The second kappa shape index (κ2) is 18.6. The molecule has 0 saturated heterocycles. The molecule has 0 unspecified atom stereocenters. The van der Waals surface area contributed by atoms with Gasteiger partial charge in [-0.05, 0) is 86.2 Å². The molecule has 4 aromatic rings. The number of imidazole rings is 2. The Hall–Kier alpha value is -5.06. The molecule has 0 bridgehead atoms. The molecule has 3 heterocycles. The van der Waals surface area contributed by atoms with Crippen molar-refractivity contribution >= 4 is 34.7 Å². The van der Waals surface area contributed by atoms with Crippen molar-refractivity contribution in [3.8, 4) is 11.3 Å². The van der Waals surface area contributed by atoms with E-state index in [1.165, 1.54) is 13.8 Å². The molecule has 264 valence electrons. The van der Waals surface area contributed by atoms with Crippen LogP contribution in [0.4, 0.5) is 0 Å². The largest absolute Gasteiger partial charge is 0.355 e.